The normalized spacial score (nSPS) is 14.6. The SMILES string of the molecule is CC.CS(=O)N(C(=O)Cc1ccccc1OP(=O)(O)O)c1nn(CC(F)(F)F)c2c(-c3ccc(C#CC(C)(C)S(C)=O)nc3C(Cc3cc(F)cc(F)c3)NC(=O)Cn3nc(C(F)(F)F)c4c3C(F)(F)CC4)ccc(Cl)c12. The molecule has 77 heavy (non-hydrogen) atoms. The Hall–Kier alpha value is -6.17. The quantitative estimate of drug-likeness (QED) is 0.0503. The molecular weight excluding hydrogens is 1120 g/mol. The fourth-order valence-electron chi connectivity index (χ4n) is 8.16. The van der Waals surface area contributed by atoms with E-state index in [2.05, 4.69) is 32.3 Å². The topological polar surface area (TPSA) is 199 Å². The molecule has 29 heteroatoms. The zero-order valence-electron chi connectivity index (χ0n) is 41.1. The van der Waals surface area contributed by atoms with Crippen molar-refractivity contribution in [2.24, 2.45) is 0 Å². The van der Waals surface area contributed by atoms with Crippen LogP contribution in [0.2, 0.25) is 5.02 Å². The summed E-state index contributed by atoms with van der Waals surface area (Å²) in [4.78, 5) is 51.9. The Morgan fingerprint density at radius 2 is 1.58 bits per heavy atom. The average Bonchev–Trinajstić information content (AvgIpc) is 4.02. The third-order valence-electron chi connectivity index (χ3n) is 11.5. The Kier molecular flexibility index (Phi) is 18.0. The van der Waals surface area contributed by atoms with E-state index in [-0.39, 0.29) is 43.3 Å². The van der Waals surface area contributed by atoms with Gasteiger partial charge >= 0.3 is 20.2 Å². The minimum absolute atomic E-state index is 0.169. The molecule has 414 valence electrons. The van der Waals surface area contributed by atoms with Gasteiger partial charge in [0, 0.05) is 58.1 Å². The molecule has 0 aliphatic heterocycles. The number of benzene rings is 3. The number of anilines is 1. The second-order valence-corrected chi connectivity index (χ2v) is 22.1. The van der Waals surface area contributed by atoms with Crippen molar-refractivity contribution in [3.8, 4) is 28.7 Å². The molecule has 3 aromatic heterocycles. The van der Waals surface area contributed by atoms with Crippen LogP contribution in [0.3, 0.4) is 0 Å². The Balaban J connectivity index is 0.00000475. The number of amides is 2. The lowest BCUT2D eigenvalue weighted by molar-refractivity contribution is -0.143. The monoisotopic (exact) mass is 1170 g/mol. The standard InChI is InChI=1S/C46H39ClF10N7O8PS2.C2H6/c1-43(2,74(3)70)15-13-28-9-10-29(38(58-28)33(19-24-17-26(48)21-27(49)18-24)59-35(65)22-62-41-31(14-16-44(41,50)51)40(60-62)46(55,56)57)30-11-12-32(47)37-39(30)63(23-45(52,53)54)61-42(37)64(75(4)71)36(66)20-25-7-5-6-8-34(25)72-73(67,68)69;1-2/h5-12,17-18,21,33H,14,16,19-20,22-23H2,1-4H3,(H,59,65)(H2,67,68,69);1-2H3. The number of nitrogens with zero attached hydrogens (tertiary/aromatic N) is 6. The molecule has 3 heterocycles. The van der Waals surface area contributed by atoms with Gasteiger partial charge < -0.3 is 9.84 Å². The number of rotatable bonds is 15. The number of aromatic nitrogens is 5. The van der Waals surface area contributed by atoms with Gasteiger partial charge in [0.05, 0.1) is 34.1 Å². The first kappa shape index (κ1) is 60.1. The number of para-hydroxylation sites is 1. The van der Waals surface area contributed by atoms with Crippen LogP contribution in [0, 0.1) is 23.5 Å². The van der Waals surface area contributed by atoms with E-state index in [4.69, 9.17) is 16.1 Å². The summed E-state index contributed by atoms with van der Waals surface area (Å²) in [5.41, 5.74) is -5.69. The first-order valence-electron chi connectivity index (χ1n) is 22.7. The van der Waals surface area contributed by atoms with Crippen LogP contribution in [0.4, 0.5) is 49.7 Å². The van der Waals surface area contributed by atoms with Crippen molar-refractivity contribution in [2.45, 2.75) is 95.5 Å². The van der Waals surface area contributed by atoms with Crippen molar-refractivity contribution in [1.29, 1.82) is 0 Å². The largest absolute Gasteiger partial charge is 0.524 e. The van der Waals surface area contributed by atoms with E-state index in [1.807, 2.05) is 13.8 Å². The van der Waals surface area contributed by atoms with Crippen LogP contribution in [-0.4, -0.2) is 78.0 Å². The van der Waals surface area contributed by atoms with E-state index in [0.29, 0.717) is 15.1 Å². The second-order valence-electron chi connectivity index (χ2n) is 17.4. The lowest BCUT2D eigenvalue weighted by atomic mass is 9.93. The number of hydrogen-bond donors (Lipinski definition) is 3. The third kappa shape index (κ3) is 14.1. The highest BCUT2D eigenvalue weighted by atomic mass is 35.5. The number of halogens is 11. The highest BCUT2D eigenvalue weighted by Gasteiger charge is 2.50. The third-order valence-corrected chi connectivity index (χ3v) is 14.6. The summed E-state index contributed by atoms with van der Waals surface area (Å²) < 4.78 is 189. The molecule has 3 unspecified atom stereocenters. The summed E-state index contributed by atoms with van der Waals surface area (Å²) in [6.07, 6.45) is -11.3. The van der Waals surface area contributed by atoms with Crippen molar-refractivity contribution in [3.05, 3.63) is 123 Å². The fourth-order valence-corrected chi connectivity index (χ4v) is 9.75. The van der Waals surface area contributed by atoms with Crippen LogP contribution in [0.25, 0.3) is 22.0 Å². The Morgan fingerprint density at radius 1 is 0.948 bits per heavy atom. The van der Waals surface area contributed by atoms with Gasteiger partial charge in [0.25, 0.3) is 5.92 Å². The Bertz CT molecular complexity index is 3410. The average molecular weight is 1170 g/mol. The minimum atomic E-state index is -5.22. The van der Waals surface area contributed by atoms with E-state index in [1.165, 1.54) is 50.4 Å². The lowest BCUT2D eigenvalue weighted by Gasteiger charge is -2.23. The van der Waals surface area contributed by atoms with Crippen molar-refractivity contribution in [1.82, 2.24) is 29.9 Å². The first-order valence-corrected chi connectivity index (χ1v) is 27.6. The van der Waals surface area contributed by atoms with Crippen LogP contribution >= 0.6 is 19.4 Å². The predicted octanol–water partition coefficient (Wildman–Crippen LogP) is 9.82. The maximum absolute atomic E-state index is 15.2. The fraction of sp³-hybridized carbons (Fsp3) is 0.354. The molecule has 0 saturated carbocycles. The van der Waals surface area contributed by atoms with Crippen molar-refractivity contribution in [2.75, 3.05) is 16.8 Å². The Morgan fingerprint density at radius 3 is 2.18 bits per heavy atom. The number of nitrogens with one attached hydrogen (secondary N) is 1. The van der Waals surface area contributed by atoms with E-state index in [9.17, 15) is 67.5 Å². The molecule has 15 nitrogen and oxygen atoms in total. The van der Waals surface area contributed by atoms with Crippen LogP contribution in [0.15, 0.2) is 66.7 Å². The van der Waals surface area contributed by atoms with Crippen molar-refractivity contribution >= 4 is 69.7 Å². The van der Waals surface area contributed by atoms with Gasteiger partial charge in [0.15, 0.2) is 11.5 Å². The molecule has 0 fully saturated rings. The van der Waals surface area contributed by atoms with Crippen LogP contribution in [-0.2, 0) is 80.4 Å². The van der Waals surface area contributed by atoms with Crippen LogP contribution in [0.1, 0.15) is 79.6 Å². The van der Waals surface area contributed by atoms with Gasteiger partial charge in [-0.05, 0) is 74.6 Å². The van der Waals surface area contributed by atoms with Gasteiger partial charge in [0.1, 0.15) is 57.6 Å². The van der Waals surface area contributed by atoms with E-state index in [0.717, 1.165) is 36.6 Å². The number of carbonyl (C=O) groups is 2. The van der Waals surface area contributed by atoms with E-state index in [1.54, 1.807) is 0 Å². The van der Waals surface area contributed by atoms with Gasteiger partial charge in [-0.15, -0.1) is 0 Å². The molecule has 3 aromatic carbocycles. The molecule has 6 aromatic rings. The van der Waals surface area contributed by atoms with Gasteiger partial charge in [-0.25, -0.2) is 26.8 Å². The highest BCUT2D eigenvalue weighted by molar-refractivity contribution is 7.86. The lowest BCUT2D eigenvalue weighted by Crippen LogP contribution is -2.35. The maximum atomic E-state index is 15.2. The number of alkyl halides is 8. The smallest absolute Gasteiger partial charge is 0.404 e. The zero-order chi connectivity index (χ0) is 57.3. The van der Waals surface area contributed by atoms with E-state index < -0.39 is 160 Å². The molecule has 0 radical (unpaired) electrons. The molecule has 3 N–H and O–H groups in total. The first-order chi connectivity index (χ1) is 35.7. The van der Waals surface area contributed by atoms with Gasteiger partial charge in [0.2, 0.25) is 11.8 Å². The number of carbonyl (C=O) groups excluding carboxylic acids is 2. The summed E-state index contributed by atoms with van der Waals surface area (Å²) >= 11 is 6.73. The molecular formula is C48H45ClF10N7O8PS2. The summed E-state index contributed by atoms with van der Waals surface area (Å²) in [6, 6.07) is 10.2. The number of pyridine rings is 1. The van der Waals surface area contributed by atoms with Gasteiger partial charge in [-0.3, -0.25) is 32.9 Å². The van der Waals surface area contributed by atoms with Crippen molar-refractivity contribution in [3.63, 3.8) is 0 Å². The molecule has 3 atom stereocenters. The summed E-state index contributed by atoms with van der Waals surface area (Å²) in [6.45, 7) is 3.81. The van der Waals surface area contributed by atoms with Crippen LogP contribution in [0.5, 0.6) is 5.75 Å². The molecule has 1 aliphatic carbocycles. The number of phosphoric acid groups is 1. The number of phosphoric ester groups is 1. The summed E-state index contributed by atoms with van der Waals surface area (Å²) in [7, 11) is -9.30. The van der Waals surface area contributed by atoms with Gasteiger partial charge in [-0.2, -0.15) is 45.3 Å². The number of hydrogen-bond acceptors (Lipinski definition) is 9. The molecule has 0 spiro atoms. The van der Waals surface area contributed by atoms with Crippen molar-refractivity contribution < 1.29 is 80.8 Å². The summed E-state index contributed by atoms with van der Waals surface area (Å²) in [5, 5.41) is 9.03. The molecule has 0 bridgehead atoms. The maximum Gasteiger partial charge on any atom is 0.524 e. The van der Waals surface area contributed by atoms with E-state index >= 15 is 8.78 Å². The predicted molar refractivity (Wildman–Crippen MR) is 265 cm³/mol. The molecule has 0 saturated heterocycles. The highest BCUT2D eigenvalue weighted by Crippen LogP contribution is 2.47. The minimum Gasteiger partial charge on any atom is -0.404 e. The summed E-state index contributed by atoms with van der Waals surface area (Å²) in [5.74, 6) is -4.29. The van der Waals surface area contributed by atoms with Crippen LogP contribution < -0.4 is 14.1 Å². The number of fused-ring (bicyclic) bond motifs is 2. The van der Waals surface area contributed by atoms with Gasteiger partial charge in [-0.1, -0.05) is 55.6 Å². The molecule has 2 amide bonds. The Labute approximate surface area is 442 Å². The second kappa shape index (κ2) is 23.0. The molecule has 1 aliphatic rings. The zero-order valence-corrected chi connectivity index (χ0v) is 44.4. The molecule has 7 rings (SSSR count).